The van der Waals surface area contributed by atoms with Crippen LogP contribution in [0.2, 0.25) is 23.2 Å². The number of nitrogens with two attached hydrogens (primary N) is 1. The fourth-order valence-corrected chi connectivity index (χ4v) is 2.62. The van der Waals surface area contributed by atoms with Crippen molar-refractivity contribution < 1.29 is 8.82 Å². The van der Waals surface area contributed by atoms with Crippen molar-refractivity contribution in [1.29, 1.82) is 0 Å². The summed E-state index contributed by atoms with van der Waals surface area (Å²) in [7, 11) is -1.87. The Morgan fingerprint density at radius 3 is 2.47 bits per heavy atom. The number of benzene rings is 1. The zero-order valence-corrected chi connectivity index (χ0v) is 14.0. The Balaban J connectivity index is 2.76. The van der Waals surface area contributed by atoms with Crippen molar-refractivity contribution >= 4 is 19.9 Å². The Kier molecular flexibility index (Phi) is 5.18. The van der Waals surface area contributed by atoms with Crippen LogP contribution >= 0.6 is 11.6 Å². The van der Waals surface area contributed by atoms with Gasteiger partial charge < -0.3 is 10.2 Å². The Morgan fingerprint density at radius 2 is 1.95 bits per heavy atom. The van der Waals surface area contributed by atoms with Crippen LogP contribution in [0.1, 0.15) is 32.4 Å². The van der Waals surface area contributed by atoms with Crippen molar-refractivity contribution in [1.82, 2.24) is 0 Å². The van der Waals surface area contributed by atoms with E-state index in [9.17, 15) is 4.39 Å². The largest absolute Gasteiger partial charge is 0.415 e. The van der Waals surface area contributed by atoms with Crippen LogP contribution in [-0.2, 0) is 4.43 Å². The molecule has 0 fully saturated rings. The van der Waals surface area contributed by atoms with Gasteiger partial charge in [-0.15, -0.1) is 0 Å². The molecule has 108 valence electrons. The van der Waals surface area contributed by atoms with Crippen molar-refractivity contribution in [2.45, 2.75) is 44.9 Å². The van der Waals surface area contributed by atoms with Gasteiger partial charge in [-0.05, 0) is 24.2 Å². The molecule has 0 radical (unpaired) electrons. The quantitative estimate of drug-likeness (QED) is 0.831. The van der Waals surface area contributed by atoms with E-state index in [0.717, 1.165) is 0 Å². The average Bonchev–Trinajstić information content (AvgIpc) is 2.28. The minimum atomic E-state index is -1.87. The van der Waals surface area contributed by atoms with Gasteiger partial charge in [-0.25, -0.2) is 4.39 Å². The molecule has 0 bridgehead atoms. The molecule has 0 amide bonds. The molecular formula is C14H23ClFNOSi. The maximum atomic E-state index is 13.8. The lowest BCUT2D eigenvalue weighted by Gasteiger charge is -2.37. The van der Waals surface area contributed by atoms with Crippen molar-refractivity contribution in [3.63, 3.8) is 0 Å². The predicted molar refractivity (Wildman–Crippen MR) is 81.5 cm³/mol. The highest BCUT2D eigenvalue weighted by molar-refractivity contribution is 6.74. The summed E-state index contributed by atoms with van der Waals surface area (Å²) in [6, 6.07) is 4.38. The third kappa shape index (κ3) is 4.02. The summed E-state index contributed by atoms with van der Waals surface area (Å²) >= 11 is 5.76. The van der Waals surface area contributed by atoms with Crippen LogP contribution in [0.15, 0.2) is 18.2 Å². The normalized spacial score (nSPS) is 14.5. The molecular weight excluding hydrogens is 281 g/mol. The summed E-state index contributed by atoms with van der Waals surface area (Å²) in [5.41, 5.74) is 6.42. The van der Waals surface area contributed by atoms with Gasteiger partial charge in [-0.2, -0.15) is 0 Å². The van der Waals surface area contributed by atoms with Gasteiger partial charge in [-0.3, -0.25) is 0 Å². The van der Waals surface area contributed by atoms with E-state index in [4.69, 9.17) is 21.8 Å². The lowest BCUT2D eigenvalue weighted by Crippen LogP contribution is -2.42. The summed E-state index contributed by atoms with van der Waals surface area (Å²) in [5, 5.41) is 0.208. The van der Waals surface area contributed by atoms with Gasteiger partial charge >= 0.3 is 0 Å². The second-order valence-corrected chi connectivity index (χ2v) is 11.5. The number of halogens is 2. The highest BCUT2D eigenvalue weighted by Gasteiger charge is 2.37. The summed E-state index contributed by atoms with van der Waals surface area (Å²) in [5.74, 6) is -0.449. The summed E-state index contributed by atoms with van der Waals surface area (Å²) < 4.78 is 19.9. The van der Waals surface area contributed by atoms with Crippen molar-refractivity contribution in [3.05, 3.63) is 34.6 Å². The van der Waals surface area contributed by atoms with Crippen LogP contribution in [-0.4, -0.2) is 14.9 Å². The molecule has 1 rings (SSSR count). The van der Waals surface area contributed by atoms with E-state index < -0.39 is 20.2 Å². The summed E-state index contributed by atoms with van der Waals surface area (Å²) in [4.78, 5) is 0. The van der Waals surface area contributed by atoms with E-state index >= 15 is 0 Å². The van der Waals surface area contributed by atoms with E-state index in [1.54, 1.807) is 12.1 Å². The molecule has 0 aliphatic carbocycles. The zero-order valence-electron chi connectivity index (χ0n) is 12.3. The molecule has 1 aromatic rings. The number of hydrogen-bond donors (Lipinski definition) is 1. The first kappa shape index (κ1) is 16.6. The van der Waals surface area contributed by atoms with Gasteiger partial charge in [0.2, 0.25) is 0 Å². The summed E-state index contributed by atoms with van der Waals surface area (Å²) in [6.07, 6.45) is 0. The molecule has 0 spiro atoms. The summed E-state index contributed by atoms with van der Waals surface area (Å²) in [6.45, 7) is 11.1. The monoisotopic (exact) mass is 303 g/mol. The van der Waals surface area contributed by atoms with E-state index in [1.165, 1.54) is 6.07 Å². The standard InChI is InChI=1S/C14H23ClFNOSi/c1-14(2,3)19(4,5)18-9-12(17)10-7-6-8-11(15)13(10)16/h6-8,12H,9,17H2,1-5H3/t12-/m1/s1. The van der Waals surface area contributed by atoms with E-state index in [-0.39, 0.29) is 10.1 Å². The molecule has 19 heavy (non-hydrogen) atoms. The highest BCUT2D eigenvalue weighted by atomic mass is 35.5. The number of rotatable bonds is 4. The van der Waals surface area contributed by atoms with Gasteiger partial charge in [0.25, 0.3) is 0 Å². The van der Waals surface area contributed by atoms with Gasteiger partial charge in [0.15, 0.2) is 8.32 Å². The van der Waals surface area contributed by atoms with E-state index in [2.05, 4.69) is 33.9 Å². The van der Waals surface area contributed by atoms with Crippen LogP contribution in [0.4, 0.5) is 4.39 Å². The van der Waals surface area contributed by atoms with Crippen LogP contribution < -0.4 is 5.73 Å². The van der Waals surface area contributed by atoms with Crippen LogP contribution in [0, 0.1) is 5.82 Å². The molecule has 2 N–H and O–H groups in total. The Hall–Kier alpha value is -0.423. The second kappa shape index (κ2) is 5.91. The first-order chi connectivity index (χ1) is 8.56. The topological polar surface area (TPSA) is 35.2 Å². The molecule has 2 nitrogen and oxygen atoms in total. The SMILES string of the molecule is CC(C)(C)[Si](C)(C)OC[C@@H](N)c1cccc(Cl)c1F. The molecule has 0 saturated heterocycles. The van der Waals surface area contributed by atoms with E-state index in [1.807, 2.05) is 0 Å². The Bertz CT molecular complexity index is 446. The van der Waals surface area contributed by atoms with Crippen molar-refractivity contribution in [2.24, 2.45) is 5.73 Å². The van der Waals surface area contributed by atoms with Gasteiger partial charge in [0.1, 0.15) is 5.82 Å². The fraction of sp³-hybridized carbons (Fsp3) is 0.571. The minimum absolute atomic E-state index is 0.0975. The molecule has 0 aromatic heterocycles. The predicted octanol–water partition coefficient (Wildman–Crippen LogP) is 4.50. The van der Waals surface area contributed by atoms with Crippen molar-refractivity contribution in [2.75, 3.05) is 6.61 Å². The molecule has 5 heteroatoms. The molecule has 0 unspecified atom stereocenters. The number of hydrogen-bond acceptors (Lipinski definition) is 2. The first-order valence-corrected chi connectivity index (χ1v) is 9.68. The molecule has 1 aromatic carbocycles. The smallest absolute Gasteiger partial charge is 0.192 e. The van der Waals surface area contributed by atoms with Gasteiger partial charge in [-0.1, -0.05) is 44.5 Å². The lowest BCUT2D eigenvalue weighted by molar-refractivity contribution is 0.262. The van der Waals surface area contributed by atoms with Crippen LogP contribution in [0.3, 0.4) is 0 Å². The maximum absolute atomic E-state index is 13.8. The second-order valence-electron chi connectivity index (χ2n) is 6.32. The minimum Gasteiger partial charge on any atom is -0.415 e. The van der Waals surface area contributed by atoms with Gasteiger partial charge in [0.05, 0.1) is 17.7 Å². The Labute approximate surface area is 121 Å². The first-order valence-electron chi connectivity index (χ1n) is 6.40. The molecule has 0 aliphatic heterocycles. The molecule has 0 heterocycles. The molecule has 0 saturated carbocycles. The third-order valence-corrected chi connectivity index (χ3v) is 8.60. The van der Waals surface area contributed by atoms with E-state index in [0.29, 0.717) is 12.2 Å². The molecule has 1 atom stereocenters. The zero-order chi connectivity index (χ0) is 14.8. The highest BCUT2D eigenvalue weighted by Crippen LogP contribution is 2.37. The lowest BCUT2D eigenvalue weighted by atomic mass is 10.1. The van der Waals surface area contributed by atoms with Gasteiger partial charge in [0, 0.05) is 5.56 Å². The fourth-order valence-electron chi connectivity index (χ4n) is 1.41. The third-order valence-electron chi connectivity index (χ3n) is 3.81. The average molecular weight is 304 g/mol. The van der Waals surface area contributed by atoms with Crippen LogP contribution in [0.5, 0.6) is 0 Å². The van der Waals surface area contributed by atoms with Crippen molar-refractivity contribution in [3.8, 4) is 0 Å². The van der Waals surface area contributed by atoms with Crippen LogP contribution in [0.25, 0.3) is 0 Å². The molecule has 0 aliphatic rings. The Morgan fingerprint density at radius 1 is 1.37 bits per heavy atom. The maximum Gasteiger partial charge on any atom is 0.192 e.